The molecule has 0 aliphatic carbocycles. The van der Waals surface area contributed by atoms with Crippen molar-refractivity contribution >= 4 is 29.4 Å². The average Bonchev–Trinajstić information content (AvgIpc) is 2.77. The Hall–Kier alpha value is -2.86. The van der Waals surface area contributed by atoms with Crippen LogP contribution in [0, 0.1) is 5.92 Å². The number of rotatable bonds is 7. The van der Waals surface area contributed by atoms with Gasteiger partial charge in [0.05, 0.1) is 0 Å². The molecule has 0 unspecified atom stereocenters. The summed E-state index contributed by atoms with van der Waals surface area (Å²) >= 11 is 6.17. The number of hydrogen-bond donors (Lipinski definition) is 1. The quantitative estimate of drug-likeness (QED) is 0.521. The molecular weight excluding hydrogens is 416 g/mol. The predicted molar refractivity (Wildman–Crippen MR) is 119 cm³/mol. The predicted octanol–water partition coefficient (Wildman–Crippen LogP) is 3.87. The minimum atomic E-state index is -0.425. The van der Waals surface area contributed by atoms with Crippen molar-refractivity contribution < 1.29 is 19.1 Å². The Balaban J connectivity index is 1.41. The second-order valence-electron chi connectivity index (χ2n) is 7.75. The van der Waals surface area contributed by atoms with E-state index in [1.165, 1.54) is 6.92 Å². The molecule has 2 amide bonds. The first-order valence-corrected chi connectivity index (χ1v) is 10.9. The molecule has 1 aliphatic heterocycles. The van der Waals surface area contributed by atoms with Crippen molar-refractivity contribution in [3.05, 3.63) is 64.7 Å². The van der Waals surface area contributed by atoms with Gasteiger partial charge in [0.15, 0.2) is 0 Å². The molecule has 1 fully saturated rings. The molecule has 0 aromatic heterocycles. The summed E-state index contributed by atoms with van der Waals surface area (Å²) in [6.45, 7) is 3.27. The molecule has 3 rings (SSSR count). The molecule has 0 atom stereocenters. The summed E-state index contributed by atoms with van der Waals surface area (Å²) < 4.78 is 5.02. The molecule has 2 aromatic carbocycles. The zero-order valence-corrected chi connectivity index (χ0v) is 18.4. The molecule has 164 valence electrons. The molecule has 1 N–H and O–H groups in total. The highest BCUT2D eigenvalue weighted by molar-refractivity contribution is 6.31. The van der Waals surface area contributed by atoms with Crippen LogP contribution in [-0.2, 0) is 16.0 Å². The standard InChI is InChI=1S/C24H27ClN2O4/c1-17(28)31-21-7-4-6-20(15-21)24(30)26-16-18-11-13-27(14-12-18)23(29)10-9-19-5-2-3-8-22(19)25/h2-8,15,18H,9-14,16H2,1H3,(H,26,30). The lowest BCUT2D eigenvalue weighted by Crippen LogP contribution is -2.41. The zero-order chi connectivity index (χ0) is 22.2. The van der Waals surface area contributed by atoms with Crippen molar-refractivity contribution in [1.29, 1.82) is 0 Å². The van der Waals surface area contributed by atoms with Gasteiger partial charge in [-0.3, -0.25) is 14.4 Å². The van der Waals surface area contributed by atoms with E-state index >= 15 is 0 Å². The Kier molecular flexibility index (Phi) is 8.06. The van der Waals surface area contributed by atoms with Crippen LogP contribution >= 0.6 is 11.6 Å². The first-order chi connectivity index (χ1) is 14.9. The van der Waals surface area contributed by atoms with Gasteiger partial charge in [-0.05, 0) is 55.0 Å². The minimum absolute atomic E-state index is 0.143. The molecule has 31 heavy (non-hydrogen) atoms. The van der Waals surface area contributed by atoms with E-state index in [2.05, 4.69) is 5.32 Å². The molecule has 0 spiro atoms. The van der Waals surface area contributed by atoms with E-state index < -0.39 is 5.97 Å². The SMILES string of the molecule is CC(=O)Oc1cccc(C(=O)NCC2CCN(C(=O)CCc3ccccc3Cl)CC2)c1. The van der Waals surface area contributed by atoms with Crippen LogP contribution in [0.25, 0.3) is 0 Å². The summed E-state index contributed by atoms with van der Waals surface area (Å²) in [5, 5.41) is 3.65. The first kappa shape index (κ1) is 22.8. The van der Waals surface area contributed by atoms with E-state index in [1.807, 2.05) is 29.2 Å². The number of benzene rings is 2. The molecule has 0 saturated carbocycles. The molecule has 7 heteroatoms. The topological polar surface area (TPSA) is 75.7 Å². The Morgan fingerprint density at radius 2 is 1.84 bits per heavy atom. The number of aryl methyl sites for hydroxylation is 1. The summed E-state index contributed by atoms with van der Waals surface area (Å²) in [5.74, 6) is 0.194. The van der Waals surface area contributed by atoms with Gasteiger partial charge in [0, 0.05) is 43.6 Å². The van der Waals surface area contributed by atoms with Crippen LogP contribution < -0.4 is 10.1 Å². The molecule has 6 nitrogen and oxygen atoms in total. The molecule has 0 radical (unpaired) electrons. The van der Waals surface area contributed by atoms with Crippen molar-refractivity contribution in [2.45, 2.75) is 32.6 Å². The number of piperidine rings is 1. The fourth-order valence-electron chi connectivity index (χ4n) is 3.69. The number of carbonyl (C=O) groups is 3. The lowest BCUT2D eigenvalue weighted by Gasteiger charge is -2.32. The maximum atomic E-state index is 12.5. The van der Waals surface area contributed by atoms with Crippen molar-refractivity contribution in [3.8, 4) is 5.75 Å². The smallest absolute Gasteiger partial charge is 0.308 e. The lowest BCUT2D eigenvalue weighted by atomic mass is 9.96. The normalized spacial score (nSPS) is 14.2. The third kappa shape index (κ3) is 6.82. The number of likely N-dealkylation sites (tertiary alicyclic amines) is 1. The minimum Gasteiger partial charge on any atom is -0.427 e. The molecule has 2 aromatic rings. The summed E-state index contributed by atoms with van der Waals surface area (Å²) in [6, 6.07) is 14.2. The number of nitrogens with one attached hydrogen (secondary N) is 1. The Morgan fingerprint density at radius 1 is 1.10 bits per heavy atom. The van der Waals surface area contributed by atoms with Gasteiger partial charge in [0.1, 0.15) is 5.75 Å². The van der Waals surface area contributed by atoms with Gasteiger partial charge in [-0.2, -0.15) is 0 Å². The van der Waals surface area contributed by atoms with Gasteiger partial charge >= 0.3 is 5.97 Å². The summed E-state index contributed by atoms with van der Waals surface area (Å²) in [6.07, 6.45) is 2.79. The van der Waals surface area contributed by atoms with Crippen LogP contribution in [0.3, 0.4) is 0 Å². The van der Waals surface area contributed by atoms with E-state index in [1.54, 1.807) is 24.3 Å². The van der Waals surface area contributed by atoms with Crippen molar-refractivity contribution in [1.82, 2.24) is 10.2 Å². The van der Waals surface area contributed by atoms with Crippen LogP contribution in [0.4, 0.5) is 0 Å². The number of ether oxygens (including phenoxy) is 1. The lowest BCUT2D eigenvalue weighted by molar-refractivity contribution is -0.133. The van der Waals surface area contributed by atoms with Crippen LogP contribution in [-0.4, -0.2) is 42.3 Å². The number of halogens is 1. The highest BCUT2D eigenvalue weighted by atomic mass is 35.5. The number of hydrogen-bond acceptors (Lipinski definition) is 4. The van der Waals surface area contributed by atoms with Crippen molar-refractivity contribution in [2.24, 2.45) is 5.92 Å². The largest absolute Gasteiger partial charge is 0.427 e. The Morgan fingerprint density at radius 3 is 2.55 bits per heavy atom. The average molecular weight is 443 g/mol. The molecule has 1 aliphatic rings. The summed E-state index contributed by atoms with van der Waals surface area (Å²) in [7, 11) is 0. The molecule has 1 heterocycles. The summed E-state index contributed by atoms with van der Waals surface area (Å²) in [4.78, 5) is 37.9. The highest BCUT2D eigenvalue weighted by Crippen LogP contribution is 2.20. The van der Waals surface area contributed by atoms with Gasteiger partial charge in [-0.1, -0.05) is 35.9 Å². The number of carbonyl (C=O) groups excluding carboxylic acids is 3. The fraction of sp³-hybridized carbons (Fsp3) is 0.375. The maximum Gasteiger partial charge on any atom is 0.308 e. The summed E-state index contributed by atoms with van der Waals surface area (Å²) in [5.41, 5.74) is 1.44. The second kappa shape index (κ2) is 11.0. The van der Waals surface area contributed by atoms with Gasteiger partial charge < -0.3 is 15.0 Å². The van der Waals surface area contributed by atoms with Crippen molar-refractivity contribution in [3.63, 3.8) is 0 Å². The number of nitrogens with zero attached hydrogens (tertiary/aromatic N) is 1. The first-order valence-electron chi connectivity index (χ1n) is 10.5. The Labute approximate surface area is 187 Å². The van der Waals surface area contributed by atoms with Crippen LogP contribution in [0.1, 0.15) is 42.1 Å². The fourth-order valence-corrected chi connectivity index (χ4v) is 3.92. The Bertz CT molecular complexity index is 939. The van der Waals surface area contributed by atoms with Gasteiger partial charge in [0.25, 0.3) is 5.91 Å². The molecule has 0 bridgehead atoms. The van der Waals surface area contributed by atoms with E-state index in [0.717, 1.165) is 18.4 Å². The highest BCUT2D eigenvalue weighted by Gasteiger charge is 2.23. The third-order valence-electron chi connectivity index (χ3n) is 5.44. The number of amides is 2. The van der Waals surface area contributed by atoms with Crippen LogP contribution in [0.15, 0.2) is 48.5 Å². The van der Waals surface area contributed by atoms with Gasteiger partial charge in [-0.25, -0.2) is 0 Å². The van der Waals surface area contributed by atoms with Crippen LogP contribution in [0.5, 0.6) is 5.75 Å². The van der Waals surface area contributed by atoms with E-state index in [9.17, 15) is 14.4 Å². The van der Waals surface area contributed by atoms with Gasteiger partial charge in [-0.15, -0.1) is 0 Å². The molecule has 1 saturated heterocycles. The monoisotopic (exact) mass is 442 g/mol. The maximum absolute atomic E-state index is 12.5. The third-order valence-corrected chi connectivity index (χ3v) is 5.81. The van der Waals surface area contributed by atoms with E-state index in [-0.39, 0.29) is 11.8 Å². The zero-order valence-electron chi connectivity index (χ0n) is 17.6. The van der Waals surface area contributed by atoms with E-state index in [0.29, 0.717) is 54.7 Å². The second-order valence-corrected chi connectivity index (χ2v) is 8.15. The molecular formula is C24H27ClN2O4. The number of esters is 1. The van der Waals surface area contributed by atoms with E-state index in [4.69, 9.17) is 16.3 Å². The van der Waals surface area contributed by atoms with Gasteiger partial charge in [0.2, 0.25) is 5.91 Å². The van der Waals surface area contributed by atoms with Crippen molar-refractivity contribution in [2.75, 3.05) is 19.6 Å². The van der Waals surface area contributed by atoms with Crippen LogP contribution in [0.2, 0.25) is 5.02 Å².